The lowest BCUT2D eigenvalue weighted by Gasteiger charge is -2.14. The number of hydrogen-bond acceptors (Lipinski definition) is 0. The lowest BCUT2D eigenvalue weighted by molar-refractivity contribution is 1.15. The minimum absolute atomic E-state index is 0.391. The Morgan fingerprint density at radius 1 is 0.688 bits per heavy atom. The minimum atomic E-state index is 0.391. The molecule has 0 amide bonds. The summed E-state index contributed by atoms with van der Waals surface area (Å²) < 4.78 is 0. The van der Waals surface area contributed by atoms with Crippen molar-refractivity contribution in [1.82, 2.24) is 0 Å². The third-order valence-corrected chi connectivity index (χ3v) is 3.82. The normalized spacial score (nSPS) is 14.1. The van der Waals surface area contributed by atoms with Gasteiger partial charge in [0.2, 0.25) is 0 Å². The first-order chi connectivity index (χ1) is 7.86. The van der Waals surface area contributed by atoms with Gasteiger partial charge in [0, 0.05) is 5.66 Å². The summed E-state index contributed by atoms with van der Waals surface area (Å²) in [6.45, 7) is 0. The molecule has 0 spiro atoms. The van der Waals surface area contributed by atoms with Crippen LogP contribution < -0.4 is 0 Å². The van der Waals surface area contributed by atoms with Gasteiger partial charge in [-0.15, -0.1) is 9.24 Å². The fourth-order valence-electron chi connectivity index (χ4n) is 2.24. The van der Waals surface area contributed by atoms with Gasteiger partial charge in [0.25, 0.3) is 0 Å². The van der Waals surface area contributed by atoms with Gasteiger partial charge in [-0.25, -0.2) is 0 Å². The molecule has 1 aliphatic carbocycles. The second kappa shape index (κ2) is 3.88. The van der Waals surface area contributed by atoms with Gasteiger partial charge in [-0.1, -0.05) is 60.7 Å². The van der Waals surface area contributed by atoms with Crippen LogP contribution in [0.25, 0.3) is 12.2 Å². The quantitative estimate of drug-likeness (QED) is 0.590. The fraction of sp³-hybridized carbons (Fsp3) is 0.0667. The maximum absolute atomic E-state index is 2.95. The van der Waals surface area contributed by atoms with E-state index in [9.17, 15) is 0 Å². The summed E-state index contributed by atoms with van der Waals surface area (Å²) in [5.41, 5.74) is 5.79. The SMILES string of the molecule is PC1c2ccccc2C=Cc2ccccc21. The molecular weight excluding hydrogens is 211 g/mol. The van der Waals surface area contributed by atoms with Crippen molar-refractivity contribution in [1.29, 1.82) is 0 Å². The van der Waals surface area contributed by atoms with E-state index in [-0.39, 0.29) is 0 Å². The first kappa shape index (κ1) is 9.81. The van der Waals surface area contributed by atoms with E-state index in [1.165, 1.54) is 22.3 Å². The summed E-state index contributed by atoms with van der Waals surface area (Å²) in [6, 6.07) is 17.2. The van der Waals surface area contributed by atoms with Gasteiger partial charge >= 0.3 is 0 Å². The van der Waals surface area contributed by atoms with Crippen LogP contribution in [0.3, 0.4) is 0 Å². The molecule has 1 aliphatic rings. The molecule has 0 fully saturated rings. The molecule has 1 heteroatoms. The molecule has 2 aromatic carbocycles. The molecule has 0 nitrogen and oxygen atoms in total. The van der Waals surface area contributed by atoms with E-state index in [1.54, 1.807) is 0 Å². The lowest BCUT2D eigenvalue weighted by atomic mass is 9.99. The molecule has 0 saturated heterocycles. The van der Waals surface area contributed by atoms with Gasteiger partial charge in [-0.2, -0.15) is 0 Å². The summed E-state index contributed by atoms with van der Waals surface area (Å²) in [5, 5.41) is 0. The van der Waals surface area contributed by atoms with E-state index >= 15 is 0 Å². The maximum atomic E-state index is 2.95. The van der Waals surface area contributed by atoms with Crippen molar-refractivity contribution in [2.75, 3.05) is 0 Å². The van der Waals surface area contributed by atoms with Gasteiger partial charge < -0.3 is 0 Å². The van der Waals surface area contributed by atoms with E-state index in [0.29, 0.717) is 5.66 Å². The van der Waals surface area contributed by atoms with Crippen LogP contribution in [-0.2, 0) is 0 Å². The Kier molecular flexibility index (Phi) is 2.38. The van der Waals surface area contributed by atoms with Crippen LogP contribution in [0, 0.1) is 0 Å². The maximum Gasteiger partial charge on any atom is 0.0246 e. The van der Waals surface area contributed by atoms with Crippen molar-refractivity contribution in [2.45, 2.75) is 5.66 Å². The van der Waals surface area contributed by atoms with Crippen molar-refractivity contribution in [3.63, 3.8) is 0 Å². The Hall–Kier alpha value is -1.39. The zero-order valence-electron chi connectivity index (χ0n) is 8.93. The highest BCUT2D eigenvalue weighted by Gasteiger charge is 2.15. The molecule has 2 aromatic rings. The van der Waals surface area contributed by atoms with Crippen LogP contribution in [-0.4, -0.2) is 0 Å². The molecule has 16 heavy (non-hydrogen) atoms. The predicted molar refractivity (Wildman–Crippen MR) is 73.4 cm³/mol. The molecule has 1 unspecified atom stereocenters. The summed E-state index contributed by atoms with van der Waals surface area (Å²) in [4.78, 5) is 0. The molecule has 0 radical (unpaired) electrons. The Morgan fingerprint density at radius 2 is 1.12 bits per heavy atom. The van der Waals surface area contributed by atoms with Gasteiger partial charge in [0.05, 0.1) is 0 Å². The summed E-state index contributed by atoms with van der Waals surface area (Å²) >= 11 is 0. The second-order valence-electron chi connectivity index (χ2n) is 4.07. The number of fused-ring (bicyclic) bond motifs is 2. The third-order valence-electron chi connectivity index (χ3n) is 3.10. The second-order valence-corrected chi connectivity index (χ2v) is 4.74. The number of hydrogen-bond donors (Lipinski definition) is 0. The Morgan fingerprint density at radius 3 is 1.62 bits per heavy atom. The van der Waals surface area contributed by atoms with Gasteiger partial charge in [-0.05, 0) is 22.3 Å². The molecule has 0 saturated carbocycles. The van der Waals surface area contributed by atoms with Crippen molar-refractivity contribution >= 4 is 21.4 Å². The average Bonchev–Trinajstić information content (AvgIpc) is 2.49. The number of rotatable bonds is 0. The standard InChI is InChI=1S/C15H13P/c16-15-13-7-3-1-5-11(13)9-10-12-6-2-4-8-14(12)15/h1-10,15H,16H2. The van der Waals surface area contributed by atoms with Crippen molar-refractivity contribution in [2.24, 2.45) is 0 Å². The smallest absolute Gasteiger partial charge is 0.0246 e. The molecule has 3 rings (SSSR count). The summed E-state index contributed by atoms with van der Waals surface area (Å²) in [7, 11) is 2.95. The van der Waals surface area contributed by atoms with Crippen LogP contribution in [0.15, 0.2) is 48.5 Å². The fourth-order valence-corrected chi connectivity index (χ4v) is 2.85. The topological polar surface area (TPSA) is 0 Å². The molecule has 0 aliphatic heterocycles. The van der Waals surface area contributed by atoms with Crippen LogP contribution in [0.2, 0.25) is 0 Å². The van der Waals surface area contributed by atoms with E-state index in [4.69, 9.17) is 0 Å². The minimum Gasteiger partial charge on any atom is -0.125 e. The monoisotopic (exact) mass is 224 g/mol. The van der Waals surface area contributed by atoms with Crippen LogP contribution in [0.5, 0.6) is 0 Å². The van der Waals surface area contributed by atoms with Crippen LogP contribution in [0.4, 0.5) is 0 Å². The Labute approximate surface area is 98.2 Å². The zero-order valence-corrected chi connectivity index (χ0v) is 10.1. The molecular formula is C15H13P. The van der Waals surface area contributed by atoms with Crippen LogP contribution >= 0.6 is 9.24 Å². The molecule has 1 atom stereocenters. The van der Waals surface area contributed by atoms with Crippen molar-refractivity contribution in [3.05, 3.63) is 70.8 Å². The van der Waals surface area contributed by atoms with E-state index in [1.807, 2.05) is 0 Å². The van der Waals surface area contributed by atoms with E-state index in [0.717, 1.165) is 0 Å². The highest BCUT2D eigenvalue weighted by atomic mass is 31.0. The Bertz CT molecular complexity index is 505. The first-order valence-corrected chi connectivity index (χ1v) is 6.14. The summed E-state index contributed by atoms with van der Waals surface area (Å²) in [6.07, 6.45) is 4.41. The molecule has 0 heterocycles. The Balaban J connectivity index is 2.26. The highest BCUT2D eigenvalue weighted by Crippen LogP contribution is 2.38. The molecule has 0 N–H and O–H groups in total. The first-order valence-electron chi connectivity index (χ1n) is 5.48. The van der Waals surface area contributed by atoms with Gasteiger partial charge in [0.1, 0.15) is 0 Å². The van der Waals surface area contributed by atoms with Crippen molar-refractivity contribution in [3.8, 4) is 0 Å². The summed E-state index contributed by atoms with van der Waals surface area (Å²) in [5.74, 6) is 0. The zero-order chi connectivity index (χ0) is 11.0. The van der Waals surface area contributed by atoms with E-state index < -0.39 is 0 Å². The third kappa shape index (κ3) is 1.50. The molecule has 78 valence electrons. The van der Waals surface area contributed by atoms with Gasteiger partial charge in [0.15, 0.2) is 0 Å². The molecule has 0 bridgehead atoms. The van der Waals surface area contributed by atoms with E-state index in [2.05, 4.69) is 69.9 Å². The predicted octanol–water partition coefficient (Wildman–Crippen LogP) is 4.13. The molecule has 0 aromatic heterocycles. The average molecular weight is 224 g/mol. The van der Waals surface area contributed by atoms with Gasteiger partial charge in [-0.3, -0.25) is 0 Å². The van der Waals surface area contributed by atoms with Crippen molar-refractivity contribution < 1.29 is 0 Å². The lowest BCUT2D eigenvalue weighted by Crippen LogP contribution is -1.95. The highest BCUT2D eigenvalue weighted by molar-refractivity contribution is 7.17. The number of benzene rings is 2. The van der Waals surface area contributed by atoms with Crippen LogP contribution in [0.1, 0.15) is 27.9 Å². The largest absolute Gasteiger partial charge is 0.125 e.